The van der Waals surface area contributed by atoms with Crippen molar-refractivity contribution >= 4 is 5.69 Å². The summed E-state index contributed by atoms with van der Waals surface area (Å²) < 4.78 is 11.7. The van der Waals surface area contributed by atoms with Gasteiger partial charge in [0.1, 0.15) is 5.75 Å². The van der Waals surface area contributed by atoms with E-state index < -0.39 is 0 Å². The minimum absolute atomic E-state index is 0.384. The van der Waals surface area contributed by atoms with Gasteiger partial charge in [-0.3, -0.25) is 0 Å². The molecular formula is C30H44N2O2. The Morgan fingerprint density at radius 2 is 1.82 bits per heavy atom. The van der Waals surface area contributed by atoms with Crippen molar-refractivity contribution in [3.63, 3.8) is 0 Å². The Morgan fingerprint density at radius 1 is 1.06 bits per heavy atom. The second-order valence-corrected chi connectivity index (χ2v) is 11.7. The van der Waals surface area contributed by atoms with E-state index in [2.05, 4.69) is 67.9 Å². The minimum Gasteiger partial charge on any atom is -0.497 e. The fraction of sp³-hybridized carbons (Fsp3) is 0.633. The van der Waals surface area contributed by atoms with Crippen LogP contribution >= 0.6 is 0 Å². The predicted molar refractivity (Wildman–Crippen MR) is 141 cm³/mol. The number of rotatable bonds is 10. The van der Waals surface area contributed by atoms with Gasteiger partial charge in [-0.05, 0) is 91.4 Å². The molecule has 1 saturated carbocycles. The smallest absolute Gasteiger partial charge is 0.213 e. The third kappa shape index (κ3) is 6.90. The molecule has 2 aromatic rings. The first kappa shape index (κ1) is 24.9. The molecule has 4 rings (SSSR count). The third-order valence-electron chi connectivity index (χ3n) is 7.70. The van der Waals surface area contributed by atoms with Gasteiger partial charge in [-0.2, -0.15) is 0 Å². The lowest BCUT2D eigenvalue weighted by molar-refractivity contribution is 0.216. The molecule has 4 nitrogen and oxygen atoms in total. The average Bonchev–Trinajstić information content (AvgIpc) is 3.68. The number of hydrogen-bond acceptors (Lipinski definition) is 4. The summed E-state index contributed by atoms with van der Waals surface area (Å²) in [5, 5.41) is 0. The summed E-state index contributed by atoms with van der Waals surface area (Å²) in [7, 11) is 1.76. The fourth-order valence-electron chi connectivity index (χ4n) is 5.18. The molecule has 1 aromatic heterocycles. The molecule has 2 aliphatic rings. The van der Waals surface area contributed by atoms with Crippen LogP contribution in [0.25, 0.3) is 0 Å². The van der Waals surface area contributed by atoms with Crippen molar-refractivity contribution in [1.29, 1.82) is 0 Å². The van der Waals surface area contributed by atoms with Crippen LogP contribution in [0.1, 0.15) is 83.3 Å². The van der Waals surface area contributed by atoms with Crippen LogP contribution in [0.15, 0.2) is 36.5 Å². The molecule has 2 fully saturated rings. The van der Waals surface area contributed by atoms with Gasteiger partial charge in [0.2, 0.25) is 5.88 Å². The van der Waals surface area contributed by atoms with E-state index in [1.54, 1.807) is 7.11 Å². The number of benzene rings is 1. The maximum atomic E-state index is 6.17. The summed E-state index contributed by atoms with van der Waals surface area (Å²) in [5.74, 6) is 3.80. The second kappa shape index (κ2) is 11.0. The first-order chi connectivity index (χ1) is 16.3. The van der Waals surface area contributed by atoms with Crippen molar-refractivity contribution in [2.24, 2.45) is 17.3 Å². The van der Waals surface area contributed by atoms with Gasteiger partial charge < -0.3 is 14.4 Å². The molecular weight excluding hydrogens is 420 g/mol. The van der Waals surface area contributed by atoms with Crippen LogP contribution in [0.4, 0.5) is 5.69 Å². The molecule has 34 heavy (non-hydrogen) atoms. The van der Waals surface area contributed by atoms with E-state index in [1.165, 1.54) is 42.5 Å². The first-order valence-corrected chi connectivity index (χ1v) is 13.3. The first-order valence-electron chi connectivity index (χ1n) is 13.3. The summed E-state index contributed by atoms with van der Waals surface area (Å²) >= 11 is 0. The predicted octanol–water partition coefficient (Wildman–Crippen LogP) is 7.27. The lowest BCUT2D eigenvalue weighted by atomic mass is 9.88. The van der Waals surface area contributed by atoms with Gasteiger partial charge in [0, 0.05) is 37.1 Å². The Balaban J connectivity index is 1.31. The van der Waals surface area contributed by atoms with Crippen LogP contribution < -0.4 is 14.4 Å². The van der Waals surface area contributed by atoms with Gasteiger partial charge in [-0.25, -0.2) is 4.98 Å². The number of pyridine rings is 1. The molecule has 2 heterocycles. The average molecular weight is 465 g/mol. The van der Waals surface area contributed by atoms with Gasteiger partial charge in [0.05, 0.1) is 13.7 Å². The van der Waals surface area contributed by atoms with Crippen molar-refractivity contribution in [2.45, 2.75) is 78.6 Å². The molecule has 1 atom stereocenters. The van der Waals surface area contributed by atoms with E-state index in [-0.39, 0.29) is 0 Å². The summed E-state index contributed by atoms with van der Waals surface area (Å²) in [6.07, 6.45) is 10.5. The normalized spacial score (nSPS) is 18.1. The SMILES string of the molecule is COc1ccc(CCCC(C)(C)C)c(N2CCC(COc3cc([C@@H](C)C4CC4)ccn3)CC2)c1. The molecule has 0 spiro atoms. The van der Waals surface area contributed by atoms with Gasteiger partial charge in [0.15, 0.2) is 0 Å². The van der Waals surface area contributed by atoms with Crippen LogP contribution in [0.2, 0.25) is 0 Å². The summed E-state index contributed by atoms with van der Waals surface area (Å²) in [5.41, 5.74) is 4.57. The van der Waals surface area contributed by atoms with E-state index in [0.29, 0.717) is 17.3 Å². The van der Waals surface area contributed by atoms with Crippen molar-refractivity contribution in [3.8, 4) is 11.6 Å². The molecule has 1 aliphatic heterocycles. The molecule has 0 N–H and O–H groups in total. The highest BCUT2D eigenvalue weighted by molar-refractivity contribution is 5.57. The van der Waals surface area contributed by atoms with Gasteiger partial charge in [-0.15, -0.1) is 0 Å². The molecule has 0 amide bonds. The molecule has 1 aromatic carbocycles. The Kier molecular flexibility index (Phi) is 8.06. The summed E-state index contributed by atoms with van der Waals surface area (Å²) in [6.45, 7) is 12.2. The molecule has 0 bridgehead atoms. The van der Waals surface area contributed by atoms with Crippen LogP contribution in [0, 0.1) is 17.3 Å². The van der Waals surface area contributed by atoms with Gasteiger partial charge in [-0.1, -0.05) is 33.8 Å². The number of piperidine rings is 1. The van der Waals surface area contributed by atoms with Gasteiger partial charge in [0.25, 0.3) is 0 Å². The quantitative estimate of drug-likeness (QED) is 0.370. The van der Waals surface area contributed by atoms with Crippen molar-refractivity contribution in [1.82, 2.24) is 4.98 Å². The maximum absolute atomic E-state index is 6.17. The van der Waals surface area contributed by atoms with Gasteiger partial charge >= 0.3 is 0 Å². The standard InChI is InChI=1S/C30H44N2O2/c1-22(24-8-9-24)26-12-16-31-29(19-26)34-21-23-13-17-32(18-14-23)28-20-27(33-5)11-10-25(28)7-6-15-30(2,3)4/h10-12,16,19-20,22-24H,6-9,13-15,17-18,21H2,1-5H3/t22-/m0/s1. The zero-order valence-corrected chi connectivity index (χ0v) is 22.0. The lowest BCUT2D eigenvalue weighted by Gasteiger charge is -2.35. The van der Waals surface area contributed by atoms with Crippen LogP contribution in [-0.4, -0.2) is 31.8 Å². The van der Waals surface area contributed by atoms with Crippen molar-refractivity contribution in [2.75, 3.05) is 31.7 Å². The largest absolute Gasteiger partial charge is 0.497 e. The number of aryl methyl sites for hydroxylation is 1. The van der Waals surface area contributed by atoms with E-state index >= 15 is 0 Å². The lowest BCUT2D eigenvalue weighted by Crippen LogP contribution is -2.36. The van der Waals surface area contributed by atoms with E-state index in [1.807, 2.05) is 6.20 Å². The zero-order valence-electron chi connectivity index (χ0n) is 22.0. The molecule has 0 unspecified atom stereocenters. The monoisotopic (exact) mass is 464 g/mol. The molecule has 186 valence electrons. The van der Waals surface area contributed by atoms with E-state index in [0.717, 1.165) is 56.5 Å². The summed E-state index contributed by atoms with van der Waals surface area (Å²) in [4.78, 5) is 7.04. The maximum Gasteiger partial charge on any atom is 0.213 e. The molecule has 4 heteroatoms. The zero-order chi connectivity index (χ0) is 24.1. The molecule has 1 aliphatic carbocycles. The minimum atomic E-state index is 0.384. The van der Waals surface area contributed by atoms with E-state index in [4.69, 9.17) is 9.47 Å². The Bertz CT molecular complexity index is 924. The third-order valence-corrected chi connectivity index (χ3v) is 7.70. The highest BCUT2D eigenvalue weighted by atomic mass is 16.5. The fourth-order valence-corrected chi connectivity index (χ4v) is 5.18. The molecule has 1 saturated heterocycles. The number of hydrogen-bond donors (Lipinski definition) is 0. The van der Waals surface area contributed by atoms with Crippen LogP contribution in [-0.2, 0) is 6.42 Å². The second-order valence-electron chi connectivity index (χ2n) is 11.7. The number of nitrogens with zero attached hydrogens (tertiary/aromatic N) is 2. The topological polar surface area (TPSA) is 34.6 Å². The van der Waals surface area contributed by atoms with Crippen LogP contribution in [0.5, 0.6) is 11.6 Å². The Labute approximate surface area is 207 Å². The number of aromatic nitrogens is 1. The number of methoxy groups -OCH3 is 1. The van der Waals surface area contributed by atoms with Crippen LogP contribution in [0.3, 0.4) is 0 Å². The van der Waals surface area contributed by atoms with E-state index in [9.17, 15) is 0 Å². The Hall–Kier alpha value is -2.23. The highest BCUT2D eigenvalue weighted by Gasteiger charge is 2.29. The number of anilines is 1. The van der Waals surface area contributed by atoms with Crippen molar-refractivity contribution in [3.05, 3.63) is 47.7 Å². The highest BCUT2D eigenvalue weighted by Crippen LogP contribution is 2.42. The van der Waals surface area contributed by atoms with Crippen molar-refractivity contribution < 1.29 is 9.47 Å². The summed E-state index contributed by atoms with van der Waals surface area (Å²) in [6, 6.07) is 10.9. The number of ether oxygens (including phenoxy) is 2. The molecule has 0 radical (unpaired) electrons. The Morgan fingerprint density at radius 3 is 2.50 bits per heavy atom.